The second-order valence-corrected chi connectivity index (χ2v) is 8.82. The topological polar surface area (TPSA) is 86.3 Å². The number of fused-ring (bicyclic) bond motifs is 1. The van der Waals surface area contributed by atoms with E-state index in [4.69, 9.17) is 4.74 Å². The standard InChI is InChI=1S/C21H20F2N6O2S/c1-12(2)32-13-5-6-17(31-21(22)23)14(9-13)18-16(11-28(3)27-18)26-20(30)15-10-25-29-8-4-7-24-19(15)29/h4-12,21H,1-3H3,(H,26,30). The molecule has 0 saturated heterocycles. The number of carbonyl (C=O) groups is 1. The molecule has 0 aliphatic carbocycles. The molecule has 0 aliphatic rings. The number of halogens is 2. The molecule has 0 unspecified atom stereocenters. The van der Waals surface area contributed by atoms with Gasteiger partial charge in [0.2, 0.25) is 0 Å². The van der Waals surface area contributed by atoms with E-state index >= 15 is 0 Å². The Morgan fingerprint density at radius 1 is 1.28 bits per heavy atom. The minimum absolute atomic E-state index is 0.0278. The number of aromatic nitrogens is 5. The van der Waals surface area contributed by atoms with Gasteiger partial charge in [-0.05, 0) is 24.3 Å². The number of hydrogen-bond acceptors (Lipinski definition) is 6. The molecule has 0 atom stereocenters. The van der Waals surface area contributed by atoms with Crippen LogP contribution in [0, 0.1) is 0 Å². The summed E-state index contributed by atoms with van der Waals surface area (Å²) in [7, 11) is 1.68. The Hall–Kier alpha value is -3.47. The molecule has 1 aromatic carbocycles. The zero-order valence-corrected chi connectivity index (χ0v) is 18.3. The van der Waals surface area contributed by atoms with Crippen LogP contribution in [0.1, 0.15) is 24.2 Å². The lowest BCUT2D eigenvalue weighted by atomic mass is 10.1. The first kappa shape index (κ1) is 21.8. The predicted molar refractivity (Wildman–Crippen MR) is 117 cm³/mol. The molecule has 1 amide bonds. The molecule has 4 rings (SSSR count). The van der Waals surface area contributed by atoms with Crippen LogP contribution in [0.4, 0.5) is 14.5 Å². The van der Waals surface area contributed by atoms with Gasteiger partial charge in [0.05, 0.1) is 11.9 Å². The fraction of sp³-hybridized carbons (Fsp3) is 0.238. The highest BCUT2D eigenvalue weighted by Crippen LogP contribution is 2.38. The Kier molecular flexibility index (Phi) is 6.08. The van der Waals surface area contributed by atoms with Crippen LogP contribution < -0.4 is 10.1 Å². The minimum atomic E-state index is -3.00. The van der Waals surface area contributed by atoms with Crippen LogP contribution >= 0.6 is 11.8 Å². The van der Waals surface area contributed by atoms with E-state index < -0.39 is 12.5 Å². The molecule has 0 radical (unpaired) electrons. The van der Waals surface area contributed by atoms with Gasteiger partial charge in [-0.3, -0.25) is 9.48 Å². The fourth-order valence-corrected chi connectivity index (χ4v) is 4.07. The van der Waals surface area contributed by atoms with Crippen molar-refractivity contribution in [1.82, 2.24) is 24.4 Å². The average molecular weight is 458 g/mol. The predicted octanol–water partition coefficient (Wildman–Crippen LogP) is 4.48. The van der Waals surface area contributed by atoms with E-state index in [-0.39, 0.29) is 16.6 Å². The highest BCUT2D eigenvalue weighted by molar-refractivity contribution is 7.99. The molecule has 4 aromatic rings. The SMILES string of the molecule is CC(C)Sc1ccc(OC(F)F)c(-c2nn(C)cc2NC(=O)c2cnn3cccnc23)c1. The number of alkyl halides is 2. The van der Waals surface area contributed by atoms with Gasteiger partial charge in [-0.15, -0.1) is 11.8 Å². The third-order valence-corrected chi connectivity index (χ3v) is 5.39. The van der Waals surface area contributed by atoms with Crippen molar-refractivity contribution in [3.63, 3.8) is 0 Å². The monoisotopic (exact) mass is 458 g/mol. The highest BCUT2D eigenvalue weighted by Gasteiger charge is 2.21. The van der Waals surface area contributed by atoms with Crippen molar-refractivity contribution in [1.29, 1.82) is 0 Å². The number of ether oxygens (including phenoxy) is 1. The van der Waals surface area contributed by atoms with Gasteiger partial charge in [-0.25, -0.2) is 9.50 Å². The number of nitrogens with one attached hydrogen (secondary N) is 1. The maximum atomic E-state index is 13.0. The molecule has 0 fully saturated rings. The van der Waals surface area contributed by atoms with Crippen molar-refractivity contribution < 1.29 is 18.3 Å². The molecule has 0 spiro atoms. The lowest BCUT2D eigenvalue weighted by molar-refractivity contribution is -0.0494. The number of anilines is 1. The summed E-state index contributed by atoms with van der Waals surface area (Å²) in [5.41, 5.74) is 1.68. The summed E-state index contributed by atoms with van der Waals surface area (Å²) in [6.45, 7) is 1.07. The Morgan fingerprint density at radius 2 is 2.09 bits per heavy atom. The lowest BCUT2D eigenvalue weighted by Gasteiger charge is -2.13. The summed E-state index contributed by atoms with van der Waals surface area (Å²) in [6.07, 6.45) is 6.26. The van der Waals surface area contributed by atoms with Crippen LogP contribution in [-0.2, 0) is 7.05 Å². The van der Waals surface area contributed by atoms with Crippen molar-refractivity contribution in [2.75, 3.05) is 5.32 Å². The van der Waals surface area contributed by atoms with E-state index in [0.717, 1.165) is 4.90 Å². The van der Waals surface area contributed by atoms with E-state index in [2.05, 4.69) is 20.5 Å². The van der Waals surface area contributed by atoms with Gasteiger partial charge in [0.15, 0.2) is 5.65 Å². The van der Waals surface area contributed by atoms with E-state index in [1.165, 1.54) is 21.5 Å². The number of carbonyl (C=O) groups excluding carboxylic acids is 1. The van der Waals surface area contributed by atoms with E-state index in [0.29, 0.717) is 22.6 Å². The molecule has 0 bridgehead atoms. The first-order chi connectivity index (χ1) is 15.3. The molecule has 8 nitrogen and oxygen atoms in total. The summed E-state index contributed by atoms with van der Waals surface area (Å²) in [5, 5.41) is 11.6. The molecule has 166 valence electrons. The van der Waals surface area contributed by atoms with Gasteiger partial charge in [0.1, 0.15) is 17.0 Å². The number of amides is 1. The molecule has 1 N–H and O–H groups in total. The zero-order valence-electron chi connectivity index (χ0n) is 17.5. The van der Waals surface area contributed by atoms with E-state index in [1.807, 2.05) is 13.8 Å². The second kappa shape index (κ2) is 8.95. The first-order valence-electron chi connectivity index (χ1n) is 9.71. The smallest absolute Gasteiger partial charge is 0.387 e. The Balaban J connectivity index is 1.73. The molecule has 11 heteroatoms. The van der Waals surface area contributed by atoms with Crippen molar-refractivity contribution in [2.45, 2.75) is 30.6 Å². The summed E-state index contributed by atoms with van der Waals surface area (Å²) >= 11 is 1.58. The van der Waals surface area contributed by atoms with Gasteiger partial charge in [0, 0.05) is 41.3 Å². The third kappa shape index (κ3) is 4.57. The lowest BCUT2D eigenvalue weighted by Crippen LogP contribution is -2.12. The van der Waals surface area contributed by atoms with Crippen LogP contribution in [0.25, 0.3) is 16.9 Å². The molecule has 3 aromatic heterocycles. The van der Waals surface area contributed by atoms with Crippen molar-refractivity contribution in [2.24, 2.45) is 7.05 Å². The van der Waals surface area contributed by atoms with Gasteiger partial charge in [-0.2, -0.15) is 19.0 Å². The number of rotatable bonds is 7. The van der Waals surface area contributed by atoms with Crippen molar-refractivity contribution in [3.8, 4) is 17.0 Å². The molecule has 3 heterocycles. The maximum absolute atomic E-state index is 13.0. The molecular weight excluding hydrogens is 438 g/mol. The Bertz CT molecular complexity index is 1270. The fourth-order valence-electron chi connectivity index (χ4n) is 3.19. The maximum Gasteiger partial charge on any atom is 0.387 e. The van der Waals surface area contributed by atoms with Gasteiger partial charge in [-0.1, -0.05) is 13.8 Å². The zero-order chi connectivity index (χ0) is 22.8. The molecule has 0 aliphatic heterocycles. The van der Waals surface area contributed by atoms with Crippen LogP contribution in [0.2, 0.25) is 0 Å². The molecule has 32 heavy (non-hydrogen) atoms. The van der Waals surface area contributed by atoms with Crippen LogP contribution in [0.5, 0.6) is 5.75 Å². The third-order valence-electron chi connectivity index (χ3n) is 4.39. The summed E-state index contributed by atoms with van der Waals surface area (Å²) in [4.78, 5) is 18.0. The largest absolute Gasteiger partial charge is 0.434 e. The van der Waals surface area contributed by atoms with Crippen molar-refractivity contribution in [3.05, 3.63) is 54.6 Å². The number of aryl methyl sites for hydroxylation is 1. The van der Waals surface area contributed by atoms with Gasteiger partial charge < -0.3 is 10.1 Å². The minimum Gasteiger partial charge on any atom is -0.434 e. The van der Waals surface area contributed by atoms with E-state index in [1.54, 1.807) is 55.6 Å². The average Bonchev–Trinajstić information content (AvgIpc) is 3.31. The Morgan fingerprint density at radius 3 is 2.84 bits per heavy atom. The van der Waals surface area contributed by atoms with Crippen LogP contribution in [0.3, 0.4) is 0 Å². The number of benzene rings is 1. The summed E-state index contributed by atoms with van der Waals surface area (Å²) < 4.78 is 33.8. The summed E-state index contributed by atoms with van der Waals surface area (Å²) in [5.74, 6) is -0.475. The normalized spacial score (nSPS) is 11.5. The van der Waals surface area contributed by atoms with Gasteiger partial charge >= 0.3 is 6.61 Å². The second-order valence-electron chi connectivity index (χ2n) is 7.17. The molecular formula is C21H20F2N6O2S. The van der Waals surface area contributed by atoms with E-state index in [9.17, 15) is 13.6 Å². The number of nitrogens with zero attached hydrogens (tertiary/aromatic N) is 5. The summed E-state index contributed by atoms with van der Waals surface area (Å²) in [6, 6.07) is 6.64. The number of hydrogen-bond donors (Lipinski definition) is 1. The van der Waals surface area contributed by atoms with Gasteiger partial charge in [0.25, 0.3) is 5.91 Å². The van der Waals surface area contributed by atoms with Crippen molar-refractivity contribution >= 4 is 29.0 Å². The quantitative estimate of drug-likeness (QED) is 0.411. The Labute approximate surface area is 186 Å². The molecule has 0 saturated carbocycles. The highest BCUT2D eigenvalue weighted by atomic mass is 32.2. The first-order valence-corrected chi connectivity index (χ1v) is 10.6. The number of thioether (sulfide) groups is 1. The van der Waals surface area contributed by atoms with Crippen LogP contribution in [0.15, 0.2) is 53.9 Å². The van der Waals surface area contributed by atoms with Crippen LogP contribution in [-0.4, -0.2) is 42.1 Å².